The van der Waals surface area contributed by atoms with Crippen molar-refractivity contribution in [3.63, 3.8) is 0 Å². The van der Waals surface area contributed by atoms with Gasteiger partial charge in [-0.25, -0.2) is 9.98 Å². The molecule has 1 aliphatic heterocycles. The molecule has 2 aromatic rings. The minimum atomic E-state index is 0.560. The van der Waals surface area contributed by atoms with E-state index in [9.17, 15) is 0 Å². The number of nitrogens with zero attached hydrogens (tertiary/aromatic N) is 3. The first kappa shape index (κ1) is 14.8. The second-order valence-corrected chi connectivity index (χ2v) is 6.33. The van der Waals surface area contributed by atoms with Gasteiger partial charge in [0, 0.05) is 32.6 Å². The third-order valence-corrected chi connectivity index (χ3v) is 4.51. The molecule has 0 bridgehead atoms. The number of fused-ring (bicyclic) bond motifs is 3. The molecule has 1 heterocycles. The summed E-state index contributed by atoms with van der Waals surface area (Å²) in [6.07, 6.45) is 0.872. The highest BCUT2D eigenvalue weighted by molar-refractivity contribution is 6.25. The smallest absolute Gasteiger partial charge is 0.226 e. The predicted molar refractivity (Wildman–Crippen MR) is 99.1 cm³/mol. The van der Waals surface area contributed by atoms with E-state index >= 15 is 0 Å². The molecule has 4 heteroatoms. The summed E-state index contributed by atoms with van der Waals surface area (Å²) in [5.74, 6) is 0.757. The maximum atomic E-state index is 5.72. The zero-order chi connectivity index (χ0) is 16.7. The molecule has 2 aromatic carbocycles. The minimum absolute atomic E-state index is 0.560. The van der Waals surface area contributed by atoms with Crippen molar-refractivity contribution < 1.29 is 0 Å². The summed E-state index contributed by atoms with van der Waals surface area (Å²) < 4.78 is 0. The molecule has 0 radical (unpaired) electrons. The summed E-state index contributed by atoms with van der Waals surface area (Å²) in [4.78, 5) is 11.5. The Morgan fingerprint density at radius 1 is 1.00 bits per heavy atom. The molecule has 0 aromatic heterocycles. The van der Waals surface area contributed by atoms with Crippen LogP contribution in [0.2, 0.25) is 0 Å². The van der Waals surface area contributed by atoms with Crippen molar-refractivity contribution >= 4 is 17.2 Å². The van der Waals surface area contributed by atoms with Crippen LogP contribution in [0.1, 0.15) is 22.3 Å². The van der Waals surface area contributed by atoms with Crippen molar-refractivity contribution in [2.24, 2.45) is 15.7 Å². The summed E-state index contributed by atoms with van der Waals surface area (Å²) in [6.45, 7) is 0.560. The largest absolute Gasteiger partial charge is 0.347 e. The van der Waals surface area contributed by atoms with Gasteiger partial charge in [0.2, 0.25) is 5.96 Å². The molecule has 0 spiro atoms. The number of aliphatic imine (C=N–C) groups is 2. The van der Waals surface area contributed by atoms with E-state index in [0.717, 1.165) is 29.4 Å². The van der Waals surface area contributed by atoms with E-state index in [1.54, 1.807) is 0 Å². The van der Waals surface area contributed by atoms with Crippen LogP contribution >= 0.6 is 0 Å². The van der Waals surface area contributed by atoms with Gasteiger partial charge in [-0.3, -0.25) is 0 Å². The molecule has 1 aliphatic carbocycles. The molecule has 0 atom stereocenters. The van der Waals surface area contributed by atoms with Crippen molar-refractivity contribution in [2.75, 3.05) is 14.1 Å². The quantitative estimate of drug-likeness (QED) is 0.926. The highest BCUT2D eigenvalue weighted by Gasteiger charge is 2.29. The lowest BCUT2D eigenvalue weighted by atomic mass is 9.85. The average molecular weight is 316 g/mol. The number of nitrogens with two attached hydrogens (primary N) is 1. The number of benzene rings is 2. The first-order valence-electron chi connectivity index (χ1n) is 8.13. The Kier molecular flexibility index (Phi) is 3.54. The fraction of sp³-hybridized carbons (Fsp3) is 0.200. The lowest BCUT2D eigenvalue weighted by molar-refractivity contribution is 0.616. The van der Waals surface area contributed by atoms with Crippen LogP contribution in [-0.2, 0) is 13.0 Å². The van der Waals surface area contributed by atoms with Crippen LogP contribution in [0.4, 0.5) is 0 Å². The van der Waals surface area contributed by atoms with E-state index in [-0.39, 0.29) is 0 Å². The molecule has 4 rings (SSSR count). The van der Waals surface area contributed by atoms with Gasteiger partial charge in [-0.15, -0.1) is 0 Å². The van der Waals surface area contributed by atoms with Gasteiger partial charge >= 0.3 is 0 Å². The van der Waals surface area contributed by atoms with Gasteiger partial charge in [0.15, 0.2) is 0 Å². The molecule has 0 fully saturated rings. The minimum Gasteiger partial charge on any atom is -0.347 e. The lowest BCUT2D eigenvalue weighted by Crippen LogP contribution is -2.18. The van der Waals surface area contributed by atoms with Crippen molar-refractivity contribution in [3.05, 3.63) is 76.5 Å². The summed E-state index contributed by atoms with van der Waals surface area (Å²) in [5.41, 5.74) is 13.7. The molecule has 2 N–H and O–H groups in total. The maximum Gasteiger partial charge on any atom is 0.226 e. The number of allylic oxidation sites excluding steroid dienone is 2. The second kappa shape index (κ2) is 5.73. The summed E-state index contributed by atoms with van der Waals surface area (Å²) in [7, 11) is 3.95. The maximum absolute atomic E-state index is 5.72. The van der Waals surface area contributed by atoms with Crippen LogP contribution in [0.25, 0.3) is 5.57 Å². The second-order valence-electron chi connectivity index (χ2n) is 6.33. The van der Waals surface area contributed by atoms with Gasteiger partial charge in [-0.2, -0.15) is 0 Å². The lowest BCUT2D eigenvalue weighted by Gasteiger charge is -2.20. The first-order chi connectivity index (χ1) is 11.7. The average Bonchev–Trinajstić information content (AvgIpc) is 3.07. The van der Waals surface area contributed by atoms with Gasteiger partial charge in [-0.1, -0.05) is 48.5 Å². The number of guanidine groups is 1. The van der Waals surface area contributed by atoms with E-state index in [1.165, 1.54) is 22.3 Å². The Labute approximate surface area is 142 Å². The van der Waals surface area contributed by atoms with Gasteiger partial charge in [0.25, 0.3) is 0 Å². The Morgan fingerprint density at radius 3 is 2.46 bits per heavy atom. The highest BCUT2D eigenvalue weighted by atomic mass is 15.3. The number of rotatable bonds is 2. The standard InChI is InChI=1S/C20H20N4/c1-24(2)20-22-18-16-6-4-3-5-15(16)11-17(19(18)23-20)14-9-7-13(12-21)8-10-14/h3-10H,11-12,21H2,1-2H3. The fourth-order valence-corrected chi connectivity index (χ4v) is 3.19. The van der Waals surface area contributed by atoms with Crippen LogP contribution < -0.4 is 5.73 Å². The molecule has 2 aliphatic rings. The van der Waals surface area contributed by atoms with Crippen molar-refractivity contribution in [1.29, 1.82) is 0 Å². The normalized spacial score (nSPS) is 15.6. The topological polar surface area (TPSA) is 54.0 Å². The zero-order valence-electron chi connectivity index (χ0n) is 14.0. The third kappa shape index (κ3) is 2.36. The molecular weight excluding hydrogens is 296 g/mol. The van der Waals surface area contributed by atoms with E-state index in [1.807, 2.05) is 19.0 Å². The van der Waals surface area contributed by atoms with Gasteiger partial charge in [-0.05, 0) is 22.3 Å². The van der Waals surface area contributed by atoms with Gasteiger partial charge in [0.05, 0.1) is 5.70 Å². The summed E-state index contributed by atoms with van der Waals surface area (Å²) in [5, 5.41) is 0. The monoisotopic (exact) mass is 316 g/mol. The van der Waals surface area contributed by atoms with Gasteiger partial charge < -0.3 is 10.6 Å². The number of hydrogen-bond acceptors (Lipinski definition) is 4. The van der Waals surface area contributed by atoms with Crippen molar-refractivity contribution in [3.8, 4) is 0 Å². The Balaban J connectivity index is 1.89. The first-order valence-corrected chi connectivity index (χ1v) is 8.13. The number of hydrogen-bond donors (Lipinski definition) is 1. The van der Waals surface area contributed by atoms with Crippen LogP contribution in [-0.4, -0.2) is 30.7 Å². The molecule has 0 saturated carbocycles. The van der Waals surface area contributed by atoms with Crippen molar-refractivity contribution in [2.45, 2.75) is 13.0 Å². The Morgan fingerprint density at radius 2 is 1.75 bits per heavy atom. The van der Waals surface area contributed by atoms with Gasteiger partial charge in [0.1, 0.15) is 5.71 Å². The molecule has 120 valence electrons. The fourth-order valence-electron chi connectivity index (χ4n) is 3.19. The third-order valence-electron chi connectivity index (χ3n) is 4.51. The Bertz CT molecular complexity index is 886. The molecule has 0 unspecified atom stereocenters. The SMILES string of the molecule is CN(C)C1=NC2=C(c3ccc(CN)cc3)Cc3ccccc3C2=N1. The van der Waals surface area contributed by atoms with Crippen molar-refractivity contribution in [1.82, 2.24) is 4.90 Å². The van der Waals surface area contributed by atoms with Crippen LogP contribution in [0.15, 0.2) is 64.2 Å². The summed E-state index contributed by atoms with van der Waals surface area (Å²) in [6, 6.07) is 16.9. The van der Waals surface area contributed by atoms with E-state index in [2.05, 4.69) is 48.5 Å². The summed E-state index contributed by atoms with van der Waals surface area (Å²) >= 11 is 0. The highest BCUT2D eigenvalue weighted by Crippen LogP contribution is 2.35. The van der Waals surface area contributed by atoms with Crippen LogP contribution in [0.3, 0.4) is 0 Å². The zero-order valence-corrected chi connectivity index (χ0v) is 14.0. The molecular formula is C20H20N4. The molecule has 0 saturated heterocycles. The molecule has 4 nitrogen and oxygen atoms in total. The van der Waals surface area contributed by atoms with E-state index in [0.29, 0.717) is 6.54 Å². The molecule has 24 heavy (non-hydrogen) atoms. The van der Waals surface area contributed by atoms with Crippen LogP contribution in [0, 0.1) is 0 Å². The molecule has 0 amide bonds. The predicted octanol–water partition coefficient (Wildman–Crippen LogP) is 2.83. The Hall–Kier alpha value is -2.72. The van der Waals surface area contributed by atoms with Crippen LogP contribution in [0.5, 0.6) is 0 Å². The van der Waals surface area contributed by atoms with E-state index < -0.39 is 0 Å². The van der Waals surface area contributed by atoms with E-state index in [4.69, 9.17) is 15.7 Å².